The molecule has 1 aliphatic carbocycles. The molecule has 0 aliphatic heterocycles. The third-order valence-corrected chi connectivity index (χ3v) is 3.07. The molecular weight excluding hydrogens is 176 g/mol. The van der Waals surface area contributed by atoms with Gasteiger partial charge in [-0.2, -0.15) is 0 Å². The molecule has 0 fully saturated rings. The Balaban J connectivity index is 2.93. The number of carbonyl (C=O) groups is 1. The van der Waals surface area contributed by atoms with E-state index in [1.807, 2.05) is 26.0 Å². The minimum Gasteiger partial charge on any atom is -0.468 e. The molecular formula is C12H18O2. The number of rotatable bonds is 3. The summed E-state index contributed by atoms with van der Waals surface area (Å²) in [5, 5.41) is 0. The molecule has 1 aliphatic rings. The van der Waals surface area contributed by atoms with Crippen molar-refractivity contribution in [2.75, 3.05) is 7.11 Å². The summed E-state index contributed by atoms with van der Waals surface area (Å²) in [6.07, 6.45) is 8.98. The van der Waals surface area contributed by atoms with Crippen molar-refractivity contribution in [3.8, 4) is 0 Å². The van der Waals surface area contributed by atoms with Gasteiger partial charge in [-0.05, 0) is 26.2 Å². The van der Waals surface area contributed by atoms with Crippen molar-refractivity contribution in [1.82, 2.24) is 0 Å². The molecule has 0 radical (unpaired) electrons. The summed E-state index contributed by atoms with van der Waals surface area (Å²) in [7, 11) is 1.45. The second kappa shape index (κ2) is 4.45. The molecule has 1 rings (SSSR count). The van der Waals surface area contributed by atoms with Gasteiger partial charge in [-0.25, -0.2) is 0 Å². The van der Waals surface area contributed by atoms with Crippen molar-refractivity contribution >= 4 is 5.97 Å². The highest BCUT2D eigenvalue weighted by molar-refractivity contribution is 5.80. The molecule has 0 saturated carbocycles. The van der Waals surface area contributed by atoms with Gasteiger partial charge >= 0.3 is 5.97 Å². The molecule has 0 bridgehead atoms. The minimum absolute atomic E-state index is 0.124. The van der Waals surface area contributed by atoms with E-state index >= 15 is 0 Å². The number of hydrogen-bond acceptors (Lipinski definition) is 2. The van der Waals surface area contributed by atoms with Gasteiger partial charge in [-0.15, -0.1) is 0 Å². The van der Waals surface area contributed by atoms with Crippen LogP contribution in [0.5, 0.6) is 0 Å². The highest BCUT2D eigenvalue weighted by atomic mass is 16.5. The number of allylic oxidation sites excluding steroid dienone is 3. The van der Waals surface area contributed by atoms with Crippen molar-refractivity contribution in [3.63, 3.8) is 0 Å². The van der Waals surface area contributed by atoms with Crippen LogP contribution in [0.1, 0.15) is 33.1 Å². The predicted octanol–water partition coefficient (Wildman–Crippen LogP) is 2.85. The summed E-state index contributed by atoms with van der Waals surface area (Å²) in [5.74, 6) is -0.124. The van der Waals surface area contributed by atoms with E-state index in [-0.39, 0.29) is 5.97 Å². The van der Waals surface area contributed by atoms with Crippen LogP contribution in [0.25, 0.3) is 0 Å². The first-order valence-corrected chi connectivity index (χ1v) is 5.09. The van der Waals surface area contributed by atoms with Crippen molar-refractivity contribution in [2.24, 2.45) is 5.41 Å². The van der Waals surface area contributed by atoms with E-state index in [0.717, 1.165) is 19.3 Å². The minimum atomic E-state index is -0.431. The predicted molar refractivity (Wildman–Crippen MR) is 56.9 cm³/mol. The molecule has 0 N–H and O–H groups in total. The first kappa shape index (κ1) is 11.0. The first-order valence-electron chi connectivity index (χ1n) is 5.09. The summed E-state index contributed by atoms with van der Waals surface area (Å²) in [4.78, 5) is 11.7. The molecule has 0 spiro atoms. The lowest BCUT2D eigenvalue weighted by Gasteiger charge is -2.29. The van der Waals surface area contributed by atoms with Crippen LogP contribution in [0.15, 0.2) is 23.8 Å². The quantitative estimate of drug-likeness (QED) is 0.646. The van der Waals surface area contributed by atoms with Gasteiger partial charge in [0.1, 0.15) is 0 Å². The largest absolute Gasteiger partial charge is 0.468 e. The molecule has 0 aromatic carbocycles. The van der Waals surface area contributed by atoms with E-state index < -0.39 is 5.41 Å². The number of carbonyl (C=O) groups excluding carboxylic acids is 1. The molecule has 2 heteroatoms. The van der Waals surface area contributed by atoms with Gasteiger partial charge in [0, 0.05) is 0 Å². The highest BCUT2D eigenvalue weighted by Crippen LogP contribution is 2.36. The second-order valence-electron chi connectivity index (χ2n) is 3.84. The van der Waals surface area contributed by atoms with Crippen molar-refractivity contribution in [1.29, 1.82) is 0 Å². The Morgan fingerprint density at radius 3 is 2.79 bits per heavy atom. The Kier molecular flexibility index (Phi) is 3.50. The van der Waals surface area contributed by atoms with Gasteiger partial charge in [-0.3, -0.25) is 4.79 Å². The van der Waals surface area contributed by atoms with E-state index in [0.29, 0.717) is 0 Å². The molecule has 1 unspecified atom stereocenters. The normalized spacial score (nSPS) is 19.8. The van der Waals surface area contributed by atoms with E-state index in [2.05, 4.69) is 6.08 Å². The van der Waals surface area contributed by atoms with E-state index in [4.69, 9.17) is 4.74 Å². The average Bonchev–Trinajstić information content (AvgIpc) is 2.28. The zero-order valence-corrected chi connectivity index (χ0v) is 9.17. The van der Waals surface area contributed by atoms with Gasteiger partial charge in [0.15, 0.2) is 0 Å². The first-order chi connectivity index (χ1) is 6.65. The summed E-state index contributed by atoms with van der Waals surface area (Å²) in [5.41, 5.74) is 0.758. The topological polar surface area (TPSA) is 26.3 Å². The van der Waals surface area contributed by atoms with E-state index in [1.54, 1.807) is 0 Å². The molecule has 1 atom stereocenters. The fraction of sp³-hybridized carbons (Fsp3) is 0.583. The maximum absolute atomic E-state index is 11.7. The van der Waals surface area contributed by atoms with Crippen molar-refractivity contribution < 1.29 is 9.53 Å². The molecule has 0 heterocycles. The SMILES string of the molecule is CCC(C)(C(=O)OC)C1=CC=CCC1. The molecule has 0 aromatic heterocycles. The lowest BCUT2D eigenvalue weighted by atomic mass is 9.76. The third-order valence-electron chi connectivity index (χ3n) is 3.07. The van der Waals surface area contributed by atoms with Gasteiger partial charge in [-0.1, -0.05) is 30.7 Å². The van der Waals surface area contributed by atoms with Crippen LogP contribution in [0.4, 0.5) is 0 Å². The van der Waals surface area contributed by atoms with Gasteiger partial charge in [0.05, 0.1) is 12.5 Å². The van der Waals surface area contributed by atoms with E-state index in [1.165, 1.54) is 12.7 Å². The fourth-order valence-corrected chi connectivity index (χ4v) is 1.79. The van der Waals surface area contributed by atoms with Crippen LogP contribution >= 0.6 is 0 Å². The van der Waals surface area contributed by atoms with Crippen LogP contribution in [-0.2, 0) is 9.53 Å². The number of ether oxygens (including phenoxy) is 1. The van der Waals surface area contributed by atoms with Crippen LogP contribution in [0.2, 0.25) is 0 Å². The number of methoxy groups -OCH3 is 1. The summed E-state index contributed by atoms with van der Waals surface area (Å²) >= 11 is 0. The monoisotopic (exact) mass is 194 g/mol. The average molecular weight is 194 g/mol. The van der Waals surface area contributed by atoms with Crippen molar-refractivity contribution in [2.45, 2.75) is 33.1 Å². The molecule has 78 valence electrons. The lowest BCUT2D eigenvalue weighted by Crippen LogP contribution is -2.31. The van der Waals surface area contributed by atoms with Crippen LogP contribution < -0.4 is 0 Å². The molecule has 0 saturated heterocycles. The Morgan fingerprint density at radius 1 is 1.64 bits per heavy atom. The Hall–Kier alpha value is -1.05. The highest BCUT2D eigenvalue weighted by Gasteiger charge is 2.35. The smallest absolute Gasteiger partial charge is 0.315 e. The number of hydrogen-bond donors (Lipinski definition) is 0. The van der Waals surface area contributed by atoms with Gasteiger partial charge in [0.2, 0.25) is 0 Å². The zero-order chi connectivity index (χ0) is 10.6. The number of esters is 1. The van der Waals surface area contributed by atoms with Gasteiger partial charge in [0.25, 0.3) is 0 Å². The Morgan fingerprint density at radius 2 is 2.36 bits per heavy atom. The standard InChI is InChI=1S/C12H18O2/c1-4-12(2,11(13)14-3)10-8-6-5-7-9-10/h5-6,8H,4,7,9H2,1-3H3. The lowest BCUT2D eigenvalue weighted by molar-refractivity contribution is -0.149. The third kappa shape index (κ3) is 1.89. The molecule has 2 nitrogen and oxygen atoms in total. The van der Waals surface area contributed by atoms with E-state index in [9.17, 15) is 4.79 Å². The maximum Gasteiger partial charge on any atom is 0.315 e. The van der Waals surface area contributed by atoms with Crippen LogP contribution in [-0.4, -0.2) is 13.1 Å². The summed E-state index contributed by atoms with van der Waals surface area (Å²) in [6, 6.07) is 0. The Bertz CT molecular complexity index is 276. The second-order valence-corrected chi connectivity index (χ2v) is 3.84. The molecule has 14 heavy (non-hydrogen) atoms. The fourth-order valence-electron chi connectivity index (χ4n) is 1.79. The maximum atomic E-state index is 11.7. The molecule has 0 aromatic rings. The summed E-state index contributed by atoms with van der Waals surface area (Å²) in [6.45, 7) is 3.99. The van der Waals surface area contributed by atoms with Gasteiger partial charge < -0.3 is 4.74 Å². The van der Waals surface area contributed by atoms with Crippen LogP contribution in [0.3, 0.4) is 0 Å². The van der Waals surface area contributed by atoms with Crippen LogP contribution in [0, 0.1) is 5.41 Å². The Labute approximate surface area is 85.6 Å². The summed E-state index contributed by atoms with van der Waals surface area (Å²) < 4.78 is 4.86. The molecule has 0 amide bonds. The zero-order valence-electron chi connectivity index (χ0n) is 9.17. The van der Waals surface area contributed by atoms with Crippen molar-refractivity contribution in [3.05, 3.63) is 23.8 Å².